The van der Waals surface area contributed by atoms with Crippen LogP contribution in [0.5, 0.6) is 5.75 Å². The summed E-state index contributed by atoms with van der Waals surface area (Å²) in [6.45, 7) is 4.90. The molecule has 1 atom stereocenters. The van der Waals surface area contributed by atoms with Gasteiger partial charge < -0.3 is 9.72 Å². The molecule has 0 fully saturated rings. The second-order valence-electron chi connectivity index (χ2n) is 8.13. The zero-order chi connectivity index (χ0) is 22.3. The molecule has 0 aliphatic heterocycles. The van der Waals surface area contributed by atoms with Gasteiger partial charge in [-0.25, -0.2) is 4.98 Å². The summed E-state index contributed by atoms with van der Waals surface area (Å²) in [5, 5.41) is 0.636. The van der Waals surface area contributed by atoms with Gasteiger partial charge in [0.05, 0.1) is 23.1 Å². The van der Waals surface area contributed by atoms with Crippen molar-refractivity contribution in [2.45, 2.75) is 45.4 Å². The molecule has 3 aromatic carbocycles. The number of hydrogen-bond acceptors (Lipinski definition) is 3. The number of nitrogens with one attached hydrogen (secondary N) is 1. The van der Waals surface area contributed by atoms with Crippen molar-refractivity contribution in [1.82, 2.24) is 9.97 Å². The number of fused-ring (bicyclic) bond motifs is 1. The average molecular weight is 427 g/mol. The van der Waals surface area contributed by atoms with E-state index in [0.717, 1.165) is 48.1 Å². The van der Waals surface area contributed by atoms with Crippen LogP contribution in [0.4, 0.5) is 0 Å². The lowest BCUT2D eigenvalue weighted by molar-refractivity contribution is 0.318. The van der Waals surface area contributed by atoms with Crippen molar-refractivity contribution in [1.29, 1.82) is 0 Å². The van der Waals surface area contributed by atoms with E-state index in [1.165, 1.54) is 5.56 Å². The molecular weight excluding hydrogens is 396 g/mol. The summed E-state index contributed by atoms with van der Waals surface area (Å²) in [6.07, 6.45) is 3.92. The third-order valence-corrected chi connectivity index (χ3v) is 5.93. The number of rotatable bonds is 9. The van der Waals surface area contributed by atoms with Crippen LogP contribution in [0.3, 0.4) is 0 Å². The smallest absolute Gasteiger partial charge is 0.259 e. The standard InChI is InChI=1S/C28H30N2O2/c1-3-19-32-25-16-9-8-13-23(25)27-29-26-22(14-10-15-24(26)28(31)30-27)21(4-2)18-17-20-11-6-5-7-12-20/h5-16,21H,3-4,17-19H2,1-2H3,(H,29,30,31). The first-order valence-electron chi connectivity index (χ1n) is 11.5. The summed E-state index contributed by atoms with van der Waals surface area (Å²) in [4.78, 5) is 20.9. The van der Waals surface area contributed by atoms with Crippen LogP contribution >= 0.6 is 0 Å². The van der Waals surface area contributed by atoms with Crippen molar-refractivity contribution < 1.29 is 4.74 Å². The molecule has 1 unspecified atom stereocenters. The first-order valence-corrected chi connectivity index (χ1v) is 11.5. The van der Waals surface area contributed by atoms with E-state index in [0.29, 0.717) is 23.7 Å². The van der Waals surface area contributed by atoms with Crippen molar-refractivity contribution in [2.75, 3.05) is 6.61 Å². The minimum absolute atomic E-state index is 0.116. The predicted molar refractivity (Wildman–Crippen MR) is 131 cm³/mol. The average Bonchev–Trinajstić information content (AvgIpc) is 2.84. The van der Waals surface area contributed by atoms with Crippen LogP contribution in [-0.2, 0) is 6.42 Å². The Balaban J connectivity index is 1.75. The Morgan fingerprint density at radius 3 is 2.50 bits per heavy atom. The Morgan fingerprint density at radius 2 is 1.72 bits per heavy atom. The zero-order valence-electron chi connectivity index (χ0n) is 18.8. The Morgan fingerprint density at radius 1 is 0.938 bits per heavy atom. The molecule has 32 heavy (non-hydrogen) atoms. The molecule has 0 aliphatic carbocycles. The van der Waals surface area contributed by atoms with E-state index in [9.17, 15) is 4.79 Å². The quantitative estimate of drug-likeness (QED) is 0.332. The Kier molecular flexibility index (Phi) is 7.00. The maximum atomic E-state index is 13.0. The van der Waals surface area contributed by atoms with Gasteiger partial charge >= 0.3 is 0 Å². The lowest BCUT2D eigenvalue weighted by Gasteiger charge is -2.18. The first kappa shape index (κ1) is 21.8. The lowest BCUT2D eigenvalue weighted by atomic mass is 9.89. The SMILES string of the molecule is CCCOc1ccccc1-c1nc2c(C(CC)CCc3ccccc3)cccc2c(=O)[nH]1. The maximum Gasteiger partial charge on any atom is 0.259 e. The number of hydrogen-bond donors (Lipinski definition) is 1. The van der Waals surface area contributed by atoms with Gasteiger partial charge in [-0.05, 0) is 60.9 Å². The molecule has 1 heterocycles. The molecule has 0 saturated carbocycles. The molecule has 4 rings (SSSR count). The highest BCUT2D eigenvalue weighted by molar-refractivity contribution is 5.83. The Labute approximate surface area is 189 Å². The van der Waals surface area contributed by atoms with Gasteiger partial charge in [-0.15, -0.1) is 0 Å². The van der Waals surface area contributed by atoms with Gasteiger partial charge in [0.1, 0.15) is 11.6 Å². The molecule has 0 spiro atoms. The zero-order valence-corrected chi connectivity index (χ0v) is 18.8. The van der Waals surface area contributed by atoms with Gasteiger partial charge in [-0.3, -0.25) is 4.79 Å². The van der Waals surface area contributed by atoms with Crippen molar-refractivity contribution in [2.24, 2.45) is 0 Å². The molecule has 0 bridgehead atoms. The molecule has 1 aromatic heterocycles. The highest BCUT2D eigenvalue weighted by Crippen LogP contribution is 2.32. The minimum Gasteiger partial charge on any atom is -0.493 e. The fraction of sp³-hybridized carbons (Fsp3) is 0.286. The van der Waals surface area contributed by atoms with Gasteiger partial charge in [0.25, 0.3) is 5.56 Å². The first-order chi connectivity index (χ1) is 15.7. The van der Waals surface area contributed by atoms with Gasteiger partial charge in [-0.1, -0.05) is 68.4 Å². The number of ether oxygens (including phenoxy) is 1. The second-order valence-corrected chi connectivity index (χ2v) is 8.13. The van der Waals surface area contributed by atoms with Crippen LogP contribution < -0.4 is 10.3 Å². The summed E-state index contributed by atoms with van der Waals surface area (Å²) >= 11 is 0. The van der Waals surface area contributed by atoms with Crippen LogP contribution in [0.15, 0.2) is 77.6 Å². The number of aryl methyl sites for hydroxylation is 1. The Bertz CT molecular complexity index is 1230. The number of benzene rings is 3. The van der Waals surface area contributed by atoms with E-state index in [1.807, 2.05) is 42.5 Å². The fourth-order valence-corrected chi connectivity index (χ4v) is 4.21. The molecule has 4 aromatic rings. The van der Waals surface area contributed by atoms with Crippen molar-refractivity contribution >= 4 is 10.9 Å². The summed E-state index contributed by atoms with van der Waals surface area (Å²) in [7, 11) is 0. The van der Waals surface area contributed by atoms with E-state index in [1.54, 1.807) is 0 Å². The largest absolute Gasteiger partial charge is 0.493 e. The van der Waals surface area contributed by atoms with Crippen LogP contribution in [0.25, 0.3) is 22.3 Å². The third kappa shape index (κ3) is 4.75. The molecule has 164 valence electrons. The van der Waals surface area contributed by atoms with E-state index in [-0.39, 0.29) is 5.56 Å². The number of para-hydroxylation sites is 2. The monoisotopic (exact) mass is 426 g/mol. The highest BCUT2D eigenvalue weighted by Gasteiger charge is 2.17. The molecular formula is C28H30N2O2. The van der Waals surface area contributed by atoms with Crippen LogP contribution in [0.2, 0.25) is 0 Å². The molecule has 4 nitrogen and oxygen atoms in total. The van der Waals surface area contributed by atoms with Gasteiger partial charge in [0, 0.05) is 0 Å². The molecule has 0 amide bonds. The molecule has 0 saturated heterocycles. The van der Waals surface area contributed by atoms with Gasteiger partial charge in [-0.2, -0.15) is 0 Å². The van der Waals surface area contributed by atoms with Crippen LogP contribution in [-0.4, -0.2) is 16.6 Å². The second kappa shape index (κ2) is 10.3. The number of aromatic nitrogens is 2. The number of aromatic amines is 1. The number of nitrogens with zero attached hydrogens (tertiary/aromatic N) is 1. The number of H-pyrrole nitrogens is 1. The summed E-state index contributed by atoms with van der Waals surface area (Å²) in [5.41, 5.74) is 3.96. The van der Waals surface area contributed by atoms with E-state index in [2.05, 4.69) is 49.2 Å². The summed E-state index contributed by atoms with van der Waals surface area (Å²) in [5.74, 6) is 1.62. The summed E-state index contributed by atoms with van der Waals surface area (Å²) in [6, 6.07) is 24.3. The lowest BCUT2D eigenvalue weighted by Crippen LogP contribution is -2.12. The Hall–Kier alpha value is -3.40. The highest BCUT2D eigenvalue weighted by atomic mass is 16.5. The van der Waals surface area contributed by atoms with Gasteiger partial charge in [0.2, 0.25) is 0 Å². The summed E-state index contributed by atoms with van der Waals surface area (Å²) < 4.78 is 5.92. The predicted octanol–water partition coefficient (Wildman–Crippen LogP) is 6.51. The fourth-order valence-electron chi connectivity index (χ4n) is 4.21. The molecule has 4 heteroatoms. The van der Waals surface area contributed by atoms with Crippen molar-refractivity contribution in [3.05, 3.63) is 94.3 Å². The van der Waals surface area contributed by atoms with Crippen LogP contribution in [0.1, 0.15) is 50.2 Å². The third-order valence-electron chi connectivity index (χ3n) is 5.93. The van der Waals surface area contributed by atoms with Gasteiger partial charge in [0.15, 0.2) is 0 Å². The van der Waals surface area contributed by atoms with E-state index >= 15 is 0 Å². The normalized spacial score (nSPS) is 12.1. The van der Waals surface area contributed by atoms with E-state index < -0.39 is 0 Å². The minimum atomic E-state index is -0.116. The maximum absolute atomic E-state index is 13.0. The van der Waals surface area contributed by atoms with Crippen molar-refractivity contribution in [3.63, 3.8) is 0 Å². The molecule has 0 radical (unpaired) electrons. The van der Waals surface area contributed by atoms with E-state index in [4.69, 9.17) is 9.72 Å². The topological polar surface area (TPSA) is 55.0 Å². The van der Waals surface area contributed by atoms with Crippen LogP contribution in [0, 0.1) is 0 Å². The molecule has 1 N–H and O–H groups in total. The van der Waals surface area contributed by atoms with Crippen molar-refractivity contribution in [3.8, 4) is 17.1 Å². The molecule has 0 aliphatic rings.